The van der Waals surface area contributed by atoms with Crippen molar-refractivity contribution in [1.29, 1.82) is 0 Å². The van der Waals surface area contributed by atoms with E-state index in [0.29, 0.717) is 6.61 Å². The summed E-state index contributed by atoms with van der Waals surface area (Å²) in [5.74, 6) is 0.772. The standard InChI is InChI=1S/C14H28O2/c1-3-5-7-13(4-2)10-14(11-15)8-6-9-16-12-14/h13,15H,3-12H2,1-2H3. The molecule has 2 atom stereocenters. The normalized spacial score (nSPS) is 27.9. The molecular weight excluding hydrogens is 200 g/mol. The van der Waals surface area contributed by atoms with Gasteiger partial charge in [0.25, 0.3) is 0 Å². The Morgan fingerprint density at radius 1 is 1.38 bits per heavy atom. The van der Waals surface area contributed by atoms with E-state index in [9.17, 15) is 5.11 Å². The molecule has 1 saturated heterocycles. The number of aliphatic hydroxyl groups is 1. The molecule has 1 fully saturated rings. The third-order valence-corrected chi connectivity index (χ3v) is 4.00. The molecule has 0 spiro atoms. The van der Waals surface area contributed by atoms with Crippen molar-refractivity contribution in [3.05, 3.63) is 0 Å². The van der Waals surface area contributed by atoms with E-state index in [0.717, 1.165) is 38.4 Å². The number of rotatable bonds is 7. The molecule has 0 aliphatic carbocycles. The van der Waals surface area contributed by atoms with Crippen LogP contribution in [0.5, 0.6) is 0 Å². The molecule has 1 heterocycles. The maximum absolute atomic E-state index is 9.63. The van der Waals surface area contributed by atoms with E-state index in [1.54, 1.807) is 0 Å². The van der Waals surface area contributed by atoms with Crippen LogP contribution < -0.4 is 0 Å². The third kappa shape index (κ3) is 4.06. The summed E-state index contributed by atoms with van der Waals surface area (Å²) in [7, 11) is 0. The minimum absolute atomic E-state index is 0.0761. The van der Waals surface area contributed by atoms with Crippen molar-refractivity contribution in [2.75, 3.05) is 19.8 Å². The van der Waals surface area contributed by atoms with Gasteiger partial charge in [0.1, 0.15) is 0 Å². The van der Waals surface area contributed by atoms with Gasteiger partial charge in [0, 0.05) is 12.0 Å². The van der Waals surface area contributed by atoms with Crippen molar-refractivity contribution in [2.24, 2.45) is 11.3 Å². The molecular formula is C14H28O2. The van der Waals surface area contributed by atoms with Crippen LogP contribution in [0.3, 0.4) is 0 Å². The van der Waals surface area contributed by atoms with Gasteiger partial charge in [-0.15, -0.1) is 0 Å². The van der Waals surface area contributed by atoms with E-state index in [2.05, 4.69) is 13.8 Å². The number of unbranched alkanes of at least 4 members (excludes halogenated alkanes) is 1. The lowest BCUT2D eigenvalue weighted by atomic mass is 9.74. The summed E-state index contributed by atoms with van der Waals surface area (Å²) in [6.45, 7) is 6.47. The van der Waals surface area contributed by atoms with Crippen molar-refractivity contribution in [3.63, 3.8) is 0 Å². The number of hydrogen-bond acceptors (Lipinski definition) is 2. The van der Waals surface area contributed by atoms with Crippen LogP contribution in [0, 0.1) is 11.3 Å². The third-order valence-electron chi connectivity index (χ3n) is 4.00. The van der Waals surface area contributed by atoms with Crippen molar-refractivity contribution < 1.29 is 9.84 Å². The molecule has 2 heteroatoms. The lowest BCUT2D eigenvalue weighted by molar-refractivity contribution is -0.0519. The van der Waals surface area contributed by atoms with E-state index in [4.69, 9.17) is 4.74 Å². The Kier molecular flexibility index (Phi) is 6.37. The van der Waals surface area contributed by atoms with Gasteiger partial charge in [-0.05, 0) is 25.2 Å². The number of hydrogen-bond donors (Lipinski definition) is 1. The second-order valence-corrected chi connectivity index (χ2v) is 5.43. The highest BCUT2D eigenvalue weighted by Gasteiger charge is 2.34. The molecule has 1 N–H and O–H groups in total. The summed E-state index contributed by atoms with van der Waals surface area (Å²) in [6.07, 6.45) is 8.56. The Labute approximate surface area is 100 Å². The topological polar surface area (TPSA) is 29.5 Å². The Hall–Kier alpha value is -0.0800. The SMILES string of the molecule is CCCCC(CC)CC1(CO)CCCOC1. The van der Waals surface area contributed by atoms with Crippen LogP contribution in [0.15, 0.2) is 0 Å². The number of ether oxygens (including phenoxy) is 1. The van der Waals surface area contributed by atoms with Crippen LogP contribution in [0.2, 0.25) is 0 Å². The van der Waals surface area contributed by atoms with Gasteiger partial charge >= 0.3 is 0 Å². The molecule has 0 saturated carbocycles. The quantitative estimate of drug-likeness (QED) is 0.724. The average Bonchev–Trinajstić information content (AvgIpc) is 2.35. The fourth-order valence-electron chi connectivity index (χ4n) is 2.82. The molecule has 0 aromatic carbocycles. The fraction of sp³-hybridized carbons (Fsp3) is 1.00. The first kappa shape index (κ1) is 14.0. The van der Waals surface area contributed by atoms with Gasteiger partial charge in [0.15, 0.2) is 0 Å². The van der Waals surface area contributed by atoms with E-state index in [1.165, 1.54) is 25.7 Å². The highest BCUT2D eigenvalue weighted by atomic mass is 16.5. The summed E-state index contributed by atoms with van der Waals surface area (Å²) in [5, 5.41) is 9.63. The Bertz CT molecular complexity index is 174. The van der Waals surface area contributed by atoms with Crippen molar-refractivity contribution in [3.8, 4) is 0 Å². The fourth-order valence-corrected chi connectivity index (χ4v) is 2.82. The molecule has 0 amide bonds. The lowest BCUT2D eigenvalue weighted by Crippen LogP contribution is -2.37. The van der Waals surface area contributed by atoms with Crippen molar-refractivity contribution >= 4 is 0 Å². The summed E-state index contributed by atoms with van der Waals surface area (Å²) in [6, 6.07) is 0. The predicted octanol–water partition coefficient (Wildman–Crippen LogP) is 3.38. The van der Waals surface area contributed by atoms with Gasteiger partial charge in [-0.1, -0.05) is 39.5 Å². The van der Waals surface area contributed by atoms with E-state index < -0.39 is 0 Å². The van der Waals surface area contributed by atoms with Gasteiger partial charge in [-0.3, -0.25) is 0 Å². The molecule has 1 rings (SSSR count). The summed E-state index contributed by atoms with van der Waals surface area (Å²) >= 11 is 0. The van der Waals surface area contributed by atoms with Crippen LogP contribution in [0.25, 0.3) is 0 Å². The van der Waals surface area contributed by atoms with Crippen LogP contribution in [0.4, 0.5) is 0 Å². The van der Waals surface area contributed by atoms with E-state index in [-0.39, 0.29) is 5.41 Å². The van der Waals surface area contributed by atoms with Gasteiger partial charge in [0.2, 0.25) is 0 Å². The molecule has 0 aromatic rings. The molecule has 2 unspecified atom stereocenters. The maximum atomic E-state index is 9.63. The second-order valence-electron chi connectivity index (χ2n) is 5.43. The molecule has 1 aliphatic heterocycles. The summed E-state index contributed by atoms with van der Waals surface area (Å²) in [4.78, 5) is 0. The van der Waals surface area contributed by atoms with Crippen molar-refractivity contribution in [1.82, 2.24) is 0 Å². The molecule has 1 aliphatic rings. The van der Waals surface area contributed by atoms with E-state index in [1.807, 2.05) is 0 Å². The number of aliphatic hydroxyl groups excluding tert-OH is 1. The Morgan fingerprint density at radius 2 is 2.19 bits per heavy atom. The minimum atomic E-state index is 0.0761. The average molecular weight is 228 g/mol. The van der Waals surface area contributed by atoms with Crippen LogP contribution >= 0.6 is 0 Å². The zero-order valence-corrected chi connectivity index (χ0v) is 11.0. The highest BCUT2D eigenvalue weighted by molar-refractivity contribution is 4.83. The van der Waals surface area contributed by atoms with Crippen LogP contribution in [-0.2, 0) is 4.74 Å². The van der Waals surface area contributed by atoms with Crippen LogP contribution in [-0.4, -0.2) is 24.9 Å². The minimum Gasteiger partial charge on any atom is -0.396 e. The van der Waals surface area contributed by atoms with Gasteiger partial charge in [-0.2, -0.15) is 0 Å². The summed E-state index contributed by atoms with van der Waals surface area (Å²) in [5.41, 5.74) is 0.0761. The van der Waals surface area contributed by atoms with Crippen molar-refractivity contribution in [2.45, 2.75) is 58.8 Å². The first-order chi connectivity index (χ1) is 7.76. The molecule has 0 radical (unpaired) electrons. The smallest absolute Gasteiger partial charge is 0.0544 e. The van der Waals surface area contributed by atoms with Gasteiger partial charge in [0.05, 0.1) is 13.2 Å². The Morgan fingerprint density at radius 3 is 2.69 bits per heavy atom. The zero-order chi connectivity index (χ0) is 11.9. The monoisotopic (exact) mass is 228 g/mol. The van der Waals surface area contributed by atoms with Gasteiger partial charge in [-0.25, -0.2) is 0 Å². The zero-order valence-electron chi connectivity index (χ0n) is 11.0. The first-order valence-electron chi connectivity index (χ1n) is 6.95. The molecule has 16 heavy (non-hydrogen) atoms. The predicted molar refractivity (Wildman–Crippen MR) is 67.5 cm³/mol. The maximum Gasteiger partial charge on any atom is 0.0544 e. The summed E-state index contributed by atoms with van der Waals surface area (Å²) < 4.78 is 5.57. The molecule has 96 valence electrons. The Balaban J connectivity index is 2.45. The van der Waals surface area contributed by atoms with E-state index >= 15 is 0 Å². The first-order valence-corrected chi connectivity index (χ1v) is 6.95. The highest BCUT2D eigenvalue weighted by Crippen LogP contribution is 2.37. The largest absolute Gasteiger partial charge is 0.396 e. The second kappa shape index (κ2) is 7.29. The lowest BCUT2D eigenvalue weighted by Gasteiger charge is -2.38. The molecule has 0 aromatic heterocycles. The molecule has 2 nitrogen and oxygen atoms in total. The molecule has 0 bridgehead atoms. The van der Waals surface area contributed by atoms with Crippen LogP contribution in [0.1, 0.15) is 58.8 Å². The van der Waals surface area contributed by atoms with Gasteiger partial charge < -0.3 is 9.84 Å².